The van der Waals surface area contributed by atoms with E-state index in [1.807, 2.05) is 50.2 Å². The van der Waals surface area contributed by atoms with Crippen molar-refractivity contribution >= 4 is 23.4 Å². The first-order chi connectivity index (χ1) is 15.4. The number of fused-ring (bicyclic) bond motifs is 1. The van der Waals surface area contributed by atoms with E-state index >= 15 is 0 Å². The van der Waals surface area contributed by atoms with Crippen LogP contribution in [0.2, 0.25) is 0 Å². The van der Waals surface area contributed by atoms with Crippen LogP contribution >= 0.6 is 11.3 Å². The Morgan fingerprint density at radius 3 is 2.72 bits per heavy atom. The van der Waals surface area contributed by atoms with E-state index in [0.717, 1.165) is 12.2 Å². The number of hydrogen-bond donors (Lipinski definition) is 0. The van der Waals surface area contributed by atoms with E-state index in [0.29, 0.717) is 44.3 Å². The van der Waals surface area contributed by atoms with Crippen LogP contribution in [0.15, 0.2) is 61.9 Å². The molecule has 32 heavy (non-hydrogen) atoms. The van der Waals surface area contributed by atoms with Crippen LogP contribution < -0.4 is 19.6 Å². The molecule has 1 aliphatic heterocycles. The molecular formula is C24H24N2O5S. The summed E-state index contributed by atoms with van der Waals surface area (Å²) in [6.45, 7) is 6.14. The van der Waals surface area contributed by atoms with Gasteiger partial charge in [-0.25, -0.2) is 9.79 Å². The third kappa shape index (κ3) is 3.93. The average molecular weight is 453 g/mol. The van der Waals surface area contributed by atoms with Gasteiger partial charge in [-0.15, -0.1) is 0 Å². The Morgan fingerprint density at radius 2 is 2.03 bits per heavy atom. The number of carbonyl (C=O) groups is 1. The smallest absolute Gasteiger partial charge is 0.338 e. The van der Waals surface area contributed by atoms with Gasteiger partial charge in [0, 0.05) is 11.6 Å². The van der Waals surface area contributed by atoms with Crippen LogP contribution in [0.1, 0.15) is 43.4 Å². The summed E-state index contributed by atoms with van der Waals surface area (Å²) in [6.07, 6.45) is 2.53. The topological polar surface area (TPSA) is 83.0 Å². The van der Waals surface area contributed by atoms with Gasteiger partial charge in [-0.1, -0.05) is 36.5 Å². The first-order valence-electron chi connectivity index (χ1n) is 10.3. The first kappa shape index (κ1) is 21.8. The highest BCUT2D eigenvalue weighted by molar-refractivity contribution is 7.07. The number of rotatable bonds is 6. The molecule has 0 bridgehead atoms. The number of thiazole rings is 1. The van der Waals surface area contributed by atoms with Gasteiger partial charge < -0.3 is 13.9 Å². The number of allylic oxidation sites excluding steroid dienone is 1. The number of carbonyl (C=O) groups excluding carboxylic acids is 1. The van der Waals surface area contributed by atoms with Gasteiger partial charge in [0.25, 0.3) is 5.56 Å². The van der Waals surface area contributed by atoms with Crippen molar-refractivity contribution in [3.05, 3.63) is 84.4 Å². The summed E-state index contributed by atoms with van der Waals surface area (Å²) < 4.78 is 18.6. The van der Waals surface area contributed by atoms with Crippen molar-refractivity contribution in [3.8, 4) is 5.75 Å². The Bertz CT molecular complexity index is 1380. The van der Waals surface area contributed by atoms with Gasteiger partial charge in [0.2, 0.25) is 0 Å². The van der Waals surface area contributed by atoms with E-state index < -0.39 is 12.0 Å². The molecule has 0 unspecified atom stereocenters. The largest absolute Gasteiger partial charge is 0.493 e. The molecule has 0 N–H and O–H groups in total. The van der Waals surface area contributed by atoms with E-state index in [4.69, 9.17) is 13.9 Å². The van der Waals surface area contributed by atoms with Crippen molar-refractivity contribution in [1.82, 2.24) is 4.57 Å². The number of ether oxygens (including phenoxy) is 2. The lowest BCUT2D eigenvalue weighted by Gasteiger charge is -2.26. The Labute approximate surface area is 188 Å². The van der Waals surface area contributed by atoms with Crippen LogP contribution in [-0.4, -0.2) is 24.3 Å². The fourth-order valence-electron chi connectivity index (χ4n) is 3.70. The zero-order valence-corrected chi connectivity index (χ0v) is 19.2. The molecule has 0 saturated carbocycles. The van der Waals surface area contributed by atoms with E-state index in [-0.39, 0.29) is 5.56 Å². The summed E-state index contributed by atoms with van der Waals surface area (Å²) >= 11 is 1.25. The molecule has 7 nitrogen and oxygen atoms in total. The molecule has 0 aliphatic carbocycles. The average Bonchev–Trinajstić information content (AvgIpc) is 3.33. The normalized spacial score (nSPS) is 16.0. The number of aryl methyl sites for hydroxylation is 1. The van der Waals surface area contributed by atoms with Crippen LogP contribution in [0.5, 0.6) is 5.75 Å². The first-order valence-corrected chi connectivity index (χ1v) is 11.1. The van der Waals surface area contributed by atoms with Crippen molar-refractivity contribution in [2.24, 2.45) is 4.99 Å². The highest BCUT2D eigenvalue weighted by Crippen LogP contribution is 2.35. The second kappa shape index (κ2) is 9.00. The van der Waals surface area contributed by atoms with Crippen LogP contribution in [0.3, 0.4) is 0 Å². The van der Waals surface area contributed by atoms with E-state index in [9.17, 15) is 9.59 Å². The second-order valence-corrected chi connectivity index (χ2v) is 8.42. The number of para-hydroxylation sites is 1. The number of methoxy groups -OCH3 is 1. The molecule has 1 atom stereocenters. The van der Waals surface area contributed by atoms with E-state index in [1.54, 1.807) is 17.6 Å². The maximum absolute atomic E-state index is 13.5. The molecule has 0 fully saturated rings. The van der Waals surface area contributed by atoms with Crippen molar-refractivity contribution < 1.29 is 18.7 Å². The van der Waals surface area contributed by atoms with Gasteiger partial charge in [-0.05, 0) is 38.5 Å². The molecule has 3 heterocycles. The predicted octanol–water partition coefficient (Wildman–Crippen LogP) is 3.10. The predicted molar refractivity (Wildman–Crippen MR) is 121 cm³/mol. The number of esters is 1. The number of nitrogens with zero attached hydrogens (tertiary/aromatic N) is 2. The lowest BCUT2D eigenvalue weighted by Crippen LogP contribution is -2.40. The second-order valence-electron chi connectivity index (χ2n) is 7.41. The third-order valence-electron chi connectivity index (χ3n) is 5.14. The molecule has 4 rings (SSSR count). The van der Waals surface area contributed by atoms with Gasteiger partial charge in [0.15, 0.2) is 4.80 Å². The van der Waals surface area contributed by atoms with Crippen molar-refractivity contribution in [2.45, 2.75) is 33.2 Å². The number of hydrogen-bond acceptors (Lipinski definition) is 7. The van der Waals surface area contributed by atoms with Gasteiger partial charge >= 0.3 is 5.97 Å². The molecule has 3 aromatic rings. The number of benzene rings is 1. The van der Waals surface area contributed by atoms with Crippen molar-refractivity contribution in [1.29, 1.82) is 0 Å². The summed E-state index contributed by atoms with van der Waals surface area (Å²) in [5.74, 6) is 1.43. The number of furan rings is 1. The quantitative estimate of drug-likeness (QED) is 0.537. The molecule has 166 valence electrons. The minimum atomic E-state index is -0.716. The zero-order chi connectivity index (χ0) is 22.8. The molecule has 1 aliphatic rings. The fraction of sp³-hybridized carbons (Fsp3) is 0.292. The summed E-state index contributed by atoms with van der Waals surface area (Å²) in [7, 11) is 1.32. The van der Waals surface area contributed by atoms with Crippen LogP contribution in [-0.2, 0) is 9.53 Å². The molecule has 0 radical (unpaired) electrons. The minimum absolute atomic E-state index is 0.257. The van der Waals surface area contributed by atoms with Gasteiger partial charge in [0.1, 0.15) is 23.3 Å². The lowest BCUT2D eigenvalue weighted by molar-refractivity contribution is -0.136. The molecule has 0 saturated heterocycles. The summed E-state index contributed by atoms with van der Waals surface area (Å²) in [5.41, 5.74) is 1.27. The number of aromatic nitrogens is 1. The van der Waals surface area contributed by atoms with Crippen molar-refractivity contribution in [3.63, 3.8) is 0 Å². The highest BCUT2D eigenvalue weighted by atomic mass is 32.1. The van der Waals surface area contributed by atoms with Gasteiger partial charge in [-0.3, -0.25) is 9.36 Å². The minimum Gasteiger partial charge on any atom is -0.493 e. The summed E-state index contributed by atoms with van der Waals surface area (Å²) in [6, 6.07) is 10.4. The molecular weight excluding hydrogens is 428 g/mol. The van der Waals surface area contributed by atoms with E-state index in [2.05, 4.69) is 4.99 Å². The Kier molecular flexibility index (Phi) is 6.14. The van der Waals surface area contributed by atoms with Gasteiger partial charge in [0.05, 0.1) is 29.5 Å². The van der Waals surface area contributed by atoms with E-state index in [1.165, 1.54) is 18.4 Å². The molecule has 0 spiro atoms. The standard InChI is InChI=1S/C24H24N2O5S/c1-5-12-30-18-9-7-6-8-17(18)21-20(23(28)29-4)15(3)25-24-26(21)22(27)19(32-24)13-16-11-10-14(2)31-16/h6-11,13,21H,5,12H2,1-4H3/b19-13+/t21-/m0/s1. The molecule has 8 heteroatoms. The SMILES string of the molecule is CCCOc1ccccc1[C@H]1C(C(=O)OC)=C(C)N=c2s/c(=C/c3ccc(C)o3)c(=O)n21. The monoisotopic (exact) mass is 452 g/mol. The maximum atomic E-state index is 13.5. The van der Waals surface area contributed by atoms with Crippen molar-refractivity contribution in [2.75, 3.05) is 13.7 Å². The van der Waals surface area contributed by atoms with Crippen LogP contribution in [0.25, 0.3) is 6.08 Å². The summed E-state index contributed by atoms with van der Waals surface area (Å²) in [5, 5.41) is 0. The molecule has 1 aromatic carbocycles. The zero-order valence-electron chi connectivity index (χ0n) is 18.4. The fourth-order valence-corrected chi connectivity index (χ4v) is 4.72. The Balaban J connectivity index is 1.98. The lowest BCUT2D eigenvalue weighted by atomic mass is 9.95. The molecule has 2 aromatic heterocycles. The van der Waals surface area contributed by atoms with Crippen LogP contribution in [0.4, 0.5) is 0 Å². The van der Waals surface area contributed by atoms with Crippen LogP contribution in [0, 0.1) is 6.92 Å². The Hall–Kier alpha value is -3.39. The van der Waals surface area contributed by atoms with Gasteiger partial charge in [-0.2, -0.15) is 0 Å². The molecule has 0 amide bonds. The Morgan fingerprint density at radius 1 is 1.25 bits per heavy atom. The summed E-state index contributed by atoms with van der Waals surface area (Å²) in [4.78, 5) is 31.4. The maximum Gasteiger partial charge on any atom is 0.338 e. The highest BCUT2D eigenvalue weighted by Gasteiger charge is 2.34. The third-order valence-corrected chi connectivity index (χ3v) is 6.12.